The van der Waals surface area contributed by atoms with Crippen LogP contribution in [0.5, 0.6) is 0 Å². The van der Waals surface area contributed by atoms with Crippen LogP contribution in [0.2, 0.25) is 0 Å². The van der Waals surface area contributed by atoms with Gasteiger partial charge in [0.25, 0.3) is 0 Å². The van der Waals surface area contributed by atoms with Crippen LogP contribution >= 0.6 is 21.6 Å². The van der Waals surface area contributed by atoms with E-state index in [1.54, 1.807) is 0 Å². The van der Waals surface area contributed by atoms with Gasteiger partial charge < -0.3 is 0 Å². The van der Waals surface area contributed by atoms with Crippen molar-refractivity contribution in [3.8, 4) is 66.8 Å². The van der Waals surface area contributed by atoms with Crippen LogP contribution in [0.4, 0.5) is 0 Å². The summed E-state index contributed by atoms with van der Waals surface area (Å²) in [6.45, 7) is 18.0. The molecule has 0 saturated carbocycles. The fraction of sp³-hybridized carbons (Fsp3) is 0.200. The molecule has 62 heavy (non-hydrogen) atoms. The number of benzene rings is 8. The van der Waals surface area contributed by atoms with E-state index < -0.39 is 0 Å². The largest absolute Gasteiger partial charge is 0.0852 e. The highest BCUT2D eigenvalue weighted by Crippen LogP contribution is 2.56. The molecule has 0 aliphatic heterocycles. The zero-order valence-electron chi connectivity index (χ0n) is 37.6. The topological polar surface area (TPSA) is 0 Å². The van der Waals surface area contributed by atoms with Gasteiger partial charge in [0.05, 0.1) is 0 Å². The molecule has 2 atom stereocenters. The van der Waals surface area contributed by atoms with Gasteiger partial charge in [0, 0.05) is 10.5 Å². The molecule has 0 bridgehead atoms. The van der Waals surface area contributed by atoms with Crippen molar-refractivity contribution in [2.24, 2.45) is 0 Å². The van der Waals surface area contributed by atoms with E-state index in [1.807, 2.05) is 0 Å². The number of hydrogen-bond donors (Lipinski definition) is 0. The Morgan fingerprint density at radius 3 is 0.742 bits per heavy atom. The maximum Gasteiger partial charge on any atom is 0.0410 e. The molecular weight excluding hydrogens is 785 g/mol. The third-order valence-corrected chi connectivity index (χ3v) is 15.5. The molecule has 0 spiro atoms. The van der Waals surface area contributed by atoms with Crippen LogP contribution in [0, 0.1) is 41.5 Å². The molecule has 2 heteroatoms. The fourth-order valence-electron chi connectivity index (χ4n) is 8.96. The average molecular weight is 843 g/mol. The molecule has 310 valence electrons. The molecule has 8 aromatic rings. The van der Waals surface area contributed by atoms with Crippen LogP contribution in [0.15, 0.2) is 170 Å². The van der Waals surface area contributed by atoms with Crippen molar-refractivity contribution in [1.29, 1.82) is 0 Å². The third kappa shape index (κ3) is 9.58. The van der Waals surface area contributed by atoms with E-state index in [2.05, 4.69) is 247 Å². The van der Waals surface area contributed by atoms with Crippen molar-refractivity contribution >= 4 is 21.6 Å². The lowest BCUT2D eigenvalue weighted by molar-refractivity contribution is 0.897. The van der Waals surface area contributed by atoms with Crippen LogP contribution in [0.1, 0.15) is 81.7 Å². The molecule has 0 unspecified atom stereocenters. The molecule has 0 N–H and O–H groups in total. The van der Waals surface area contributed by atoms with E-state index in [9.17, 15) is 0 Å². The highest BCUT2D eigenvalue weighted by molar-refractivity contribution is 8.76. The standard InChI is InChI=1S/C60H58S2/c1-9-57(59-53(47-25-13-19-41(5)31-47)35-51(45-23-11-17-39(3)29-45)36-54(59)48-26-14-20-42(6)32-48)61-62-58(10-2)60-55(49-27-15-21-43(7)33-49)37-52(46-24-12-18-40(4)30-46)38-56(60)50-28-16-22-44(8)34-50/h11-38,57-58H,9-10H2,1-8H3/t57-,58-/m1/s1. The maximum absolute atomic E-state index is 2.47. The predicted octanol–water partition coefficient (Wildman–Crippen LogP) is 18.5. The molecule has 0 nitrogen and oxygen atoms in total. The average Bonchev–Trinajstić information content (AvgIpc) is 3.27. The minimum absolute atomic E-state index is 0.225. The Bertz CT molecular complexity index is 2530. The van der Waals surface area contributed by atoms with Gasteiger partial charge in [-0.15, -0.1) is 0 Å². The highest BCUT2D eigenvalue weighted by Gasteiger charge is 2.27. The van der Waals surface area contributed by atoms with Crippen LogP contribution in [-0.4, -0.2) is 0 Å². The molecule has 0 aromatic heterocycles. The second kappa shape index (κ2) is 19.2. The van der Waals surface area contributed by atoms with E-state index in [0.29, 0.717) is 0 Å². The number of rotatable bonds is 13. The molecule has 0 aliphatic carbocycles. The summed E-state index contributed by atoms with van der Waals surface area (Å²) in [4.78, 5) is 0. The van der Waals surface area contributed by atoms with Crippen molar-refractivity contribution in [1.82, 2.24) is 0 Å². The Balaban J connectivity index is 1.32. The van der Waals surface area contributed by atoms with Gasteiger partial charge in [-0.25, -0.2) is 0 Å². The Morgan fingerprint density at radius 1 is 0.290 bits per heavy atom. The summed E-state index contributed by atoms with van der Waals surface area (Å²) < 4.78 is 0. The molecule has 0 radical (unpaired) electrons. The lowest BCUT2D eigenvalue weighted by Gasteiger charge is -2.28. The number of aryl methyl sites for hydroxylation is 6. The van der Waals surface area contributed by atoms with Crippen molar-refractivity contribution in [3.63, 3.8) is 0 Å². The van der Waals surface area contributed by atoms with Gasteiger partial charge in [-0.2, -0.15) is 0 Å². The first kappa shape index (κ1) is 43.1. The zero-order valence-corrected chi connectivity index (χ0v) is 39.2. The van der Waals surface area contributed by atoms with E-state index in [4.69, 9.17) is 0 Å². The van der Waals surface area contributed by atoms with Crippen molar-refractivity contribution in [2.45, 2.75) is 78.7 Å². The normalized spacial score (nSPS) is 12.3. The summed E-state index contributed by atoms with van der Waals surface area (Å²) in [5.41, 5.74) is 25.8. The quantitative estimate of drug-likeness (QED) is 0.106. The van der Waals surface area contributed by atoms with Gasteiger partial charge in [-0.05, 0) is 157 Å². The SMILES string of the molecule is CC[C@@H](SS[C@H](CC)c1c(-c2cccc(C)c2)cc(-c2cccc(C)c2)cc1-c1cccc(C)c1)c1c(-c2cccc(C)c2)cc(-c2cccc(C)c2)cc1-c1cccc(C)c1. The lowest BCUT2D eigenvalue weighted by atomic mass is 9.85. The molecule has 0 fully saturated rings. The fourth-order valence-corrected chi connectivity index (χ4v) is 12.4. The van der Waals surface area contributed by atoms with Gasteiger partial charge in [0.15, 0.2) is 0 Å². The van der Waals surface area contributed by atoms with Crippen LogP contribution < -0.4 is 0 Å². The molecule has 0 aliphatic rings. The zero-order chi connectivity index (χ0) is 43.3. The summed E-state index contributed by atoms with van der Waals surface area (Å²) in [7, 11) is 4.13. The van der Waals surface area contributed by atoms with E-state index in [1.165, 1.54) is 111 Å². The first-order chi connectivity index (χ1) is 30.1. The van der Waals surface area contributed by atoms with Crippen molar-refractivity contribution < 1.29 is 0 Å². The molecule has 0 heterocycles. The van der Waals surface area contributed by atoms with Gasteiger partial charge in [0.2, 0.25) is 0 Å². The van der Waals surface area contributed by atoms with E-state index in [0.717, 1.165) is 12.8 Å². The Labute approximate surface area is 379 Å². The summed E-state index contributed by atoms with van der Waals surface area (Å²) in [6.07, 6.45) is 1.99. The molecule has 8 rings (SSSR count). The second-order valence-corrected chi connectivity index (χ2v) is 19.9. The Morgan fingerprint density at radius 2 is 0.516 bits per heavy atom. The van der Waals surface area contributed by atoms with E-state index in [-0.39, 0.29) is 10.5 Å². The van der Waals surface area contributed by atoms with Gasteiger partial charge >= 0.3 is 0 Å². The van der Waals surface area contributed by atoms with Crippen LogP contribution in [0.3, 0.4) is 0 Å². The van der Waals surface area contributed by atoms with E-state index >= 15 is 0 Å². The summed E-state index contributed by atoms with van der Waals surface area (Å²) in [6, 6.07) is 64.3. The second-order valence-electron chi connectivity index (χ2n) is 17.2. The monoisotopic (exact) mass is 842 g/mol. The maximum atomic E-state index is 2.47. The first-order valence-corrected chi connectivity index (χ1v) is 24.5. The summed E-state index contributed by atoms with van der Waals surface area (Å²) in [5, 5.41) is 0.450. The van der Waals surface area contributed by atoms with Gasteiger partial charge in [-0.1, -0.05) is 214 Å². The van der Waals surface area contributed by atoms with Gasteiger partial charge in [-0.3, -0.25) is 0 Å². The smallest absolute Gasteiger partial charge is 0.0410 e. The minimum atomic E-state index is 0.225. The van der Waals surface area contributed by atoms with Crippen LogP contribution in [-0.2, 0) is 0 Å². The summed E-state index contributed by atoms with van der Waals surface area (Å²) >= 11 is 0. The van der Waals surface area contributed by atoms with Gasteiger partial charge in [0.1, 0.15) is 0 Å². The minimum Gasteiger partial charge on any atom is -0.0852 e. The molecule has 0 saturated heterocycles. The Kier molecular flexibility index (Phi) is 13.4. The third-order valence-electron chi connectivity index (χ3n) is 12.1. The molecule has 0 amide bonds. The predicted molar refractivity (Wildman–Crippen MR) is 275 cm³/mol. The Hall–Kier alpha value is -5.54. The molecule has 8 aromatic carbocycles. The lowest BCUT2D eigenvalue weighted by Crippen LogP contribution is -2.03. The van der Waals surface area contributed by atoms with Crippen LogP contribution in [0.25, 0.3) is 66.8 Å². The van der Waals surface area contributed by atoms with Crippen molar-refractivity contribution in [2.75, 3.05) is 0 Å². The highest BCUT2D eigenvalue weighted by atomic mass is 33.1. The number of hydrogen-bond acceptors (Lipinski definition) is 2. The summed E-state index contributed by atoms with van der Waals surface area (Å²) in [5.74, 6) is 0. The molecular formula is C60H58S2. The first-order valence-electron chi connectivity index (χ1n) is 22.2. The van der Waals surface area contributed by atoms with Crippen molar-refractivity contribution in [3.05, 3.63) is 214 Å².